The van der Waals surface area contributed by atoms with Gasteiger partial charge in [-0.1, -0.05) is 115 Å². The van der Waals surface area contributed by atoms with Crippen molar-refractivity contribution in [2.75, 3.05) is 63.0 Å². The van der Waals surface area contributed by atoms with E-state index in [9.17, 15) is 14.4 Å². The van der Waals surface area contributed by atoms with Crippen LogP contribution in [0.4, 0.5) is 27.8 Å². The lowest BCUT2D eigenvalue weighted by Gasteiger charge is -2.34. The topological polar surface area (TPSA) is 157 Å². The number of nitrogens with zero attached hydrogens (tertiary/aromatic N) is 7. The summed E-state index contributed by atoms with van der Waals surface area (Å²) in [7, 11) is 0. The first-order chi connectivity index (χ1) is 36.2. The van der Waals surface area contributed by atoms with E-state index in [0.717, 1.165) is 121 Å². The van der Waals surface area contributed by atoms with Gasteiger partial charge in [0.05, 0.1) is 33.9 Å². The molecule has 7 aromatic rings. The first-order valence-electron chi connectivity index (χ1n) is 25.4. The number of hydrogen-bond acceptors (Lipinski definition) is 11. The summed E-state index contributed by atoms with van der Waals surface area (Å²) in [6, 6.07) is 45.4. The number of nitrogens with one attached hydrogen (secondary N) is 3. The molecule has 5 aromatic carbocycles. The summed E-state index contributed by atoms with van der Waals surface area (Å²) in [6.45, 7) is 12.9. The lowest BCUT2D eigenvalue weighted by atomic mass is 9.99. The van der Waals surface area contributed by atoms with Crippen LogP contribution in [-0.2, 0) is 37.3 Å². The van der Waals surface area contributed by atoms with E-state index in [1.54, 1.807) is 11.1 Å². The first kappa shape index (κ1) is 49.4. The molecule has 11 rings (SSSR count). The highest BCUT2D eigenvalue weighted by molar-refractivity contribution is 6.14. The van der Waals surface area contributed by atoms with Gasteiger partial charge < -0.3 is 25.6 Å². The molecule has 2 fully saturated rings. The average molecular weight is 985 g/mol. The lowest BCUT2D eigenvalue weighted by Crippen LogP contribution is -2.48. The van der Waals surface area contributed by atoms with Crippen LogP contribution in [0.1, 0.15) is 70.8 Å². The summed E-state index contributed by atoms with van der Waals surface area (Å²) in [5, 5.41) is 9.24. The van der Waals surface area contributed by atoms with Crippen LogP contribution in [0.2, 0.25) is 0 Å². The second-order valence-electron chi connectivity index (χ2n) is 19.1. The van der Waals surface area contributed by atoms with Crippen LogP contribution in [0.25, 0.3) is 0 Å². The second-order valence-corrected chi connectivity index (χ2v) is 19.1. The Kier molecular flexibility index (Phi) is 15.5. The first-order valence-corrected chi connectivity index (χ1v) is 25.4. The van der Waals surface area contributed by atoms with Gasteiger partial charge in [0.1, 0.15) is 18.2 Å². The smallest absolute Gasteiger partial charge is 0.410 e. The Bertz CT molecular complexity index is 3200. The molecule has 374 valence electrons. The van der Waals surface area contributed by atoms with Crippen molar-refractivity contribution in [1.82, 2.24) is 30.0 Å². The average Bonchev–Trinajstić information content (AvgIpc) is 4.08. The van der Waals surface area contributed by atoms with Gasteiger partial charge in [0.25, 0.3) is 11.8 Å². The predicted molar refractivity (Wildman–Crippen MR) is 291 cm³/mol. The Morgan fingerprint density at radius 1 is 0.527 bits per heavy atom. The van der Waals surface area contributed by atoms with Gasteiger partial charge >= 0.3 is 6.09 Å². The third kappa shape index (κ3) is 12.0. The Balaban J connectivity index is 0.000000175. The van der Waals surface area contributed by atoms with Gasteiger partial charge in [0, 0.05) is 90.7 Å². The minimum Gasteiger partial charge on any atom is -0.445 e. The molecule has 6 heterocycles. The molecule has 2 aromatic heterocycles. The zero-order valence-corrected chi connectivity index (χ0v) is 41.9. The molecular weight excluding hydrogens is 925 g/mol. The zero-order chi connectivity index (χ0) is 50.8. The number of para-hydroxylation sites is 2. The maximum atomic E-state index is 13.2. The molecule has 0 radical (unpaired) electrons. The van der Waals surface area contributed by atoms with Crippen LogP contribution in [0.5, 0.6) is 0 Å². The molecule has 74 heavy (non-hydrogen) atoms. The number of aromatic nitrogens is 2. The van der Waals surface area contributed by atoms with Crippen molar-refractivity contribution < 1.29 is 19.1 Å². The monoisotopic (exact) mass is 984 g/mol. The molecule has 0 atom stereocenters. The molecule has 0 spiro atoms. The third-order valence-electron chi connectivity index (χ3n) is 13.8. The molecule has 14 heteroatoms. The van der Waals surface area contributed by atoms with Crippen LogP contribution in [0.15, 0.2) is 162 Å². The van der Waals surface area contributed by atoms with E-state index < -0.39 is 0 Å². The van der Waals surface area contributed by atoms with Crippen molar-refractivity contribution in [3.05, 3.63) is 213 Å². The maximum absolute atomic E-state index is 13.2. The Labute approximate surface area is 432 Å². The number of pyridine rings is 2. The number of fused-ring (bicyclic) bond motifs is 2. The molecule has 0 saturated carbocycles. The van der Waals surface area contributed by atoms with E-state index in [2.05, 4.69) is 73.8 Å². The van der Waals surface area contributed by atoms with E-state index in [0.29, 0.717) is 42.3 Å². The van der Waals surface area contributed by atoms with Gasteiger partial charge in [-0.15, -0.1) is 0 Å². The normalized spacial score (nSPS) is 15.2. The number of carbonyl (C=O) groups is 3. The number of hydrogen-bond donors (Lipinski definition) is 3. The number of aryl methyl sites for hydroxylation is 2. The number of aliphatic imine (C=N–C) groups is 2. The van der Waals surface area contributed by atoms with Gasteiger partial charge in [0.15, 0.2) is 0 Å². The van der Waals surface area contributed by atoms with Crippen molar-refractivity contribution in [3.63, 3.8) is 0 Å². The molecule has 4 aliphatic heterocycles. The minimum atomic E-state index is -0.276. The van der Waals surface area contributed by atoms with Crippen LogP contribution in [-0.4, -0.2) is 106 Å². The van der Waals surface area contributed by atoms with Crippen molar-refractivity contribution >= 4 is 52.3 Å². The third-order valence-corrected chi connectivity index (χ3v) is 13.8. The number of anilines is 2. The molecular formula is C60H60N10O4. The quantitative estimate of drug-likeness (QED) is 0.109. The van der Waals surface area contributed by atoms with Gasteiger partial charge in [-0.2, -0.15) is 0 Å². The van der Waals surface area contributed by atoms with Gasteiger partial charge in [-0.05, 0) is 88.2 Å². The fourth-order valence-corrected chi connectivity index (χ4v) is 9.75. The fraction of sp³-hybridized carbons (Fsp3) is 0.250. The number of rotatable bonds is 12. The maximum Gasteiger partial charge on any atom is 0.410 e. The van der Waals surface area contributed by atoms with Crippen LogP contribution >= 0.6 is 0 Å². The Morgan fingerprint density at radius 3 is 1.50 bits per heavy atom. The lowest BCUT2D eigenvalue weighted by molar-refractivity contribution is 0.0700. The zero-order valence-electron chi connectivity index (χ0n) is 41.9. The molecule has 14 nitrogen and oxygen atoms in total. The summed E-state index contributed by atoms with van der Waals surface area (Å²) in [5.41, 5.74) is 14.5. The van der Waals surface area contributed by atoms with Crippen molar-refractivity contribution in [2.24, 2.45) is 9.98 Å². The van der Waals surface area contributed by atoms with E-state index in [4.69, 9.17) is 14.7 Å². The Morgan fingerprint density at radius 2 is 1.01 bits per heavy atom. The number of piperazine rings is 2. The van der Waals surface area contributed by atoms with Crippen molar-refractivity contribution in [1.29, 1.82) is 0 Å². The van der Waals surface area contributed by atoms with E-state index in [-0.39, 0.29) is 24.5 Å². The molecule has 4 aliphatic rings. The minimum absolute atomic E-state index is 0.181. The Hall–Kier alpha value is -8.17. The van der Waals surface area contributed by atoms with Gasteiger partial charge in [0.2, 0.25) is 0 Å². The van der Waals surface area contributed by atoms with E-state index in [1.807, 2.05) is 121 Å². The summed E-state index contributed by atoms with van der Waals surface area (Å²) in [5.74, 6) is 0.641. The van der Waals surface area contributed by atoms with Crippen LogP contribution < -0.4 is 16.0 Å². The number of benzene rings is 5. The second kappa shape index (κ2) is 23.1. The van der Waals surface area contributed by atoms with Gasteiger partial charge in [-0.25, -0.2) is 14.8 Å². The largest absolute Gasteiger partial charge is 0.445 e. The van der Waals surface area contributed by atoms with Gasteiger partial charge in [-0.3, -0.25) is 29.4 Å². The molecule has 3 N–H and O–H groups in total. The summed E-state index contributed by atoms with van der Waals surface area (Å²) in [4.78, 5) is 63.9. The molecule has 0 unspecified atom stereocenters. The summed E-state index contributed by atoms with van der Waals surface area (Å²) < 4.78 is 5.47. The predicted octanol–water partition coefficient (Wildman–Crippen LogP) is 9.50. The highest BCUT2D eigenvalue weighted by atomic mass is 16.6. The van der Waals surface area contributed by atoms with Crippen LogP contribution in [0, 0.1) is 13.8 Å². The molecule has 0 aliphatic carbocycles. The highest BCUT2D eigenvalue weighted by Gasteiger charge is 2.26. The number of ether oxygens (including phenoxy) is 1. The summed E-state index contributed by atoms with van der Waals surface area (Å²) in [6.07, 6.45) is 4.81. The fourth-order valence-electron chi connectivity index (χ4n) is 9.75. The van der Waals surface area contributed by atoms with Crippen LogP contribution in [0.3, 0.4) is 0 Å². The van der Waals surface area contributed by atoms with Crippen molar-refractivity contribution in [2.45, 2.75) is 46.4 Å². The highest BCUT2D eigenvalue weighted by Crippen LogP contribution is 2.35. The van der Waals surface area contributed by atoms with E-state index in [1.165, 1.54) is 11.1 Å². The summed E-state index contributed by atoms with van der Waals surface area (Å²) >= 11 is 0. The molecule has 3 amide bonds. The van der Waals surface area contributed by atoms with Crippen molar-refractivity contribution in [3.8, 4) is 0 Å². The SMILES string of the molecule is Cc1ccccc1C1=Nc2c(cccc2C(=O)Nc2ccc(CN3CCN(C(=O)OCc4ccccc4)CC3)cn2)C1.Cc1ccccc1C1=Nc2c(cccc2C(=O)Nc2ccc(CN3CCNCC3)cn2)C1. The standard InChI is InChI=1S/C34H33N5O3.C26H27N5O/c1-24-8-5-6-12-28(24)30-20-27-11-7-13-29(32(27)36-30)33(40)37-31-15-14-26(21-35-31)22-38-16-18-39(19-17-38)34(41)42-23-25-9-3-2-4-10-25;1-18-5-2-3-7-21(18)23-15-20-6-4-8-22(25(20)29-23)26(32)30-24-10-9-19(16-28-24)17-31-13-11-27-12-14-31/h2-15,21H,16-20,22-23H2,1H3,(H,35,37,40);2-10,16,27H,11-15,17H2,1H3,(H,28,30,32). The number of carbonyl (C=O) groups excluding carboxylic acids is 3. The number of amides is 3. The molecule has 0 bridgehead atoms. The molecule has 2 saturated heterocycles. The van der Waals surface area contributed by atoms with E-state index >= 15 is 0 Å².